The highest BCUT2D eigenvalue weighted by Gasteiger charge is 2.46. The Morgan fingerprint density at radius 3 is 2.33 bits per heavy atom. The van der Waals surface area contributed by atoms with Gasteiger partial charge >= 0.3 is 6.09 Å². The van der Waals surface area contributed by atoms with Crippen molar-refractivity contribution in [1.29, 1.82) is 0 Å². The van der Waals surface area contributed by atoms with Crippen molar-refractivity contribution in [1.82, 2.24) is 10.3 Å². The maximum absolute atomic E-state index is 11.2. The molecular formula is C22H19N3O5. The average molecular weight is 405 g/mol. The molecular weight excluding hydrogens is 386 g/mol. The summed E-state index contributed by atoms with van der Waals surface area (Å²) in [6.07, 6.45) is 0.158. The number of benzene rings is 2. The number of nitro groups is 1. The second kappa shape index (κ2) is 7.57. The zero-order valence-electron chi connectivity index (χ0n) is 15.9. The van der Waals surface area contributed by atoms with E-state index in [1.54, 1.807) is 12.1 Å². The summed E-state index contributed by atoms with van der Waals surface area (Å²) >= 11 is 0. The smallest absolute Gasteiger partial charge is 0.405 e. The highest BCUT2D eigenvalue weighted by molar-refractivity contribution is 5.82. The first-order chi connectivity index (χ1) is 14.4. The number of rotatable bonds is 5. The predicted molar refractivity (Wildman–Crippen MR) is 110 cm³/mol. The Morgan fingerprint density at radius 2 is 1.77 bits per heavy atom. The summed E-state index contributed by atoms with van der Waals surface area (Å²) in [7, 11) is 0. The van der Waals surface area contributed by atoms with Crippen LogP contribution in [0.5, 0.6) is 0 Å². The lowest BCUT2D eigenvalue weighted by Crippen LogP contribution is -2.56. The van der Waals surface area contributed by atoms with Gasteiger partial charge in [-0.2, -0.15) is 0 Å². The maximum atomic E-state index is 11.2. The molecule has 1 aliphatic rings. The van der Waals surface area contributed by atoms with E-state index in [0.717, 1.165) is 16.7 Å². The van der Waals surface area contributed by atoms with E-state index in [-0.39, 0.29) is 5.69 Å². The van der Waals surface area contributed by atoms with Crippen molar-refractivity contribution in [2.24, 2.45) is 0 Å². The van der Waals surface area contributed by atoms with E-state index in [1.165, 1.54) is 12.3 Å². The number of hydrogen-bond donors (Lipinski definition) is 3. The molecule has 8 heteroatoms. The molecule has 1 amide bonds. The van der Waals surface area contributed by atoms with Gasteiger partial charge in [0.2, 0.25) is 0 Å². The molecule has 3 aromatic rings. The van der Waals surface area contributed by atoms with Crippen molar-refractivity contribution >= 4 is 11.8 Å². The van der Waals surface area contributed by atoms with Crippen molar-refractivity contribution in [3.63, 3.8) is 0 Å². The first-order valence-corrected chi connectivity index (χ1v) is 9.38. The van der Waals surface area contributed by atoms with Crippen LogP contribution in [-0.4, -0.2) is 32.3 Å². The van der Waals surface area contributed by atoms with Crippen molar-refractivity contribution in [2.75, 3.05) is 0 Å². The molecule has 3 N–H and O–H groups in total. The number of aliphatic hydroxyl groups is 1. The summed E-state index contributed by atoms with van der Waals surface area (Å²) in [6.45, 7) is 0. The standard InChI is InChI=1S/C22H19N3O5/c26-18-11-22(12-18,24-21(27)28)16-8-6-15(7-9-16)20-19(14-4-2-1-3-5-14)10-17(13-23-20)25(29)30/h1-10,13,18,24,26H,11-12H2,(H,27,28)/t18-,22-. The molecule has 0 radical (unpaired) electrons. The lowest BCUT2D eigenvalue weighted by Gasteiger charge is -2.45. The largest absolute Gasteiger partial charge is 0.465 e. The van der Waals surface area contributed by atoms with Crippen LogP contribution in [-0.2, 0) is 5.54 Å². The number of hydrogen-bond acceptors (Lipinski definition) is 5. The van der Waals surface area contributed by atoms with Gasteiger partial charge in [0.25, 0.3) is 5.69 Å². The van der Waals surface area contributed by atoms with E-state index in [4.69, 9.17) is 5.11 Å². The number of aliphatic hydroxyl groups excluding tert-OH is 1. The van der Waals surface area contributed by atoms with Crippen molar-refractivity contribution in [3.05, 3.63) is 82.5 Å². The van der Waals surface area contributed by atoms with Crippen LogP contribution in [0.25, 0.3) is 22.4 Å². The van der Waals surface area contributed by atoms with Gasteiger partial charge in [-0.05, 0) is 11.1 Å². The van der Waals surface area contributed by atoms with Gasteiger partial charge in [0.15, 0.2) is 0 Å². The van der Waals surface area contributed by atoms with E-state index in [9.17, 15) is 20.0 Å². The molecule has 1 aromatic heterocycles. The van der Waals surface area contributed by atoms with Gasteiger partial charge in [0.1, 0.15) is 6.20 Å². The van der Waals surface area contributed by atoms with Crippen molar-refractivity contribution < 1.29 is 19.9 Å². The molecule has 4 rings (SSSR count). The zero-order chi connectivity index (χ0) is 21.3. The summed E-state index contributed by atoms with van der Waals surface area (Å²) in [5.74, 6) is 0. The molecule has 0 bridgehead atoms. The molecule has 152 valence electrons. The quantitative estimate of drug-likeness (QED) is 0.436. The summed E-state index contributed by atoms with van der Waals surface area (Å²) in [5, 5.41) is 32.6. The lowest BCUT2D eigenvalue weighted by atomic mass is 9.69. The molecule has 0 saturated heterocycles. The Hall–Kier alpha value is -3.78. The minimum Gasteiger partial charge on any atom is -0.465 e. The Kier molecular flexibility index (Phi) is 4.93. The zero-order valence-corrected chi connectivity index (χ0v) is 15.9. The predicted octanol–water partition coefficient (Wildman–Crippen LogP) is 3.94. The van der Waals surface area contributed by atoms with Gasteiger partial charge in [-0.25, -0.2) is 9.78 Å². The second-order valence-electron chi connectivity index (χ2n) is 7.36. The Labute approximate surface area is 172 Å². The van der Waals surface area contributed by atoms with Crippen molar-refractivity contribution in [3.8, 4) is 22.4 Å². The molecule has 0 unspecified atom stereocenters. The third-order valence-corrected chi connectivity index (χ3v) is 5.39. The van der Waals surface area contributed by atoms with Gasteiger partial charge in [-0.1, -0.05) is 54.6 Å². The molecule has 0 spiro atoms. The summed E-state index contributed by atoms with van der Waals surface area (Å²) in [5.41, 5.74) is 2.62. The number of nitrogens with zero attached hydrogens (tertiary/aromatic N) is 2. The topological polar surface area (TPSA) is 126 Å². The fraction of sp³-hybridized carbons (Fsp3) is 0.182. The maximum Gasteiger partial charge on any atom is 0.405 e. The van der Waals surface area contributed by atoms with Crippen LogP contribution in [0.3, 0.4) is 0 Å². The molecule has 30 heavy (non-hydrogen) atoms. The van der Waals surface area contributed by atoms with E-state index < -0.39 is 22.7 Å². The van der Waals surface area contributed by atoms with Crippen LogP contribution in [0.2, 0.25) is 0 Å². The summed E-state index contributed by atoms with van der Waals surface area (Å²) < 4.78 is 0. The molecule has 8 nitrogen and oxygen atoms in total. The van der Waals surface area contributed by atoms with Crippen molar-refractivity contribution in [2.45, 2.75) is 24.5 Å². The number of pyridine rings is 1. The number of carboxylic acid groups (broad SMARTS) is 1. The fourth-order valence-corrected chi connectivity index (χ4v) is 3.93. The van der Waals surface area contributed by atoms with E-state index in [1.807, 2.05) is 42.5 Å². The molecule has 1 heterocycles. The van der Waals surface area contributed by atoms with Gasteiger partial charge in [0, 0.05) is 30.0 Å². The fourth-order valence-electron chi connectivity index (χ4n) is 3.93. The van der Waals surface area contributed by atoms with Crippen LogP contribution < -0.4 is 5.32 Å². The Morgan fingerprint density at radius 1 is 1.10 bits per heavy atom. The molecule has 0 aliphatic heterocycles. The first-order valence-electron chi connectivity index (χ1n) is 9.38. The third kappa shape index (κ3) is 3.60. The molecule has 1 aliphatic carbocycles. The highest BCUT2D eigenvalue weighted by Crippen LogP contribution is 2.42. The Balaban J connectivity index is 1.74. The highest BCUT2D eigenvalue weighted by atomic mass is 16.6. The summed E-state index contributed by atoms with van der Waals surface area (Å²) in [6, 6.07) is 18.0. The molecule has 1 fully saturated rings. The molecule has 0 atom stereocenters. The van der Waals surface area contributed by atoms with Crippen LogP contribution in [0.1, 0.15) is 18.4 Å². The van der Waals surface area contributed by atoms with E-state index in [0.29, 0.717) is 24.1 Å². The number of nitrogens with one attached hydrogen (secondary N) is 1. The van der Waals surface area contributed by atoms with E-state index in [2.05, 4.69) is 10.3 Å². The monoisotopic (exact) mass is 405 g/mol. The van der Waals surface area contributed by atoms with Crippen LogP contribution in [0.15, 0.2) is 66.9 Å². The SMILES string of the molecule is O=C(O)N[C@]1(c2ccc(-c3ncc([N+](=O)[O-])cc3-c3ccccc3)cc2)C[C@@H](O)C1. The molecule has 2 aromatic carbocycles. The lowest BCUT2D eigenvalue weighted by molar-refractivity contribution is -0.385. The van der Waals surface area contributed by atoms with Gasteiger partial charge in [-0.3, -0.25) is 10.1 Å². The second-order valence-corrected chi connectivity index (χ2v) is 7.36. The average Bonchev–Trinajstić information content (AvgIpc) is 2.72. The normalized spacial score (nSPS) is 20.2. The summed E-state index contributed by atoms with van der Waals surface area (Å²) in [4.78, 5) is 26.3. The van der Waals surface area contributed by atoms with E-state index >= 15 is 0 Å². The van der Waals surface area contributed by atoms with Gasteiger partial charge in [-0.15, -0.1) is 0 Å². The minimum absolute atomic E-state index is 0.0951. The van der Waals surface area contributed by atoms with Gasteiger partial charge in [0.05, 0.1) is 22.3 Å². The minimum atomic E-state index is -1.14. The number of aromatic nitrogens is 1. The molecule has 1 saturated carbocycles. The number of amides is 1. The Bertz CT molecular complexity index is 1090. The van der Waals surface area contributed by atoms with Crippen LogP contribution in [0, 0.1) is 10.1 Å². The van der Waals surface area contributed by atoms with Gasteiger partial charge < -0.3 is 15.5 Å². The van der Waals surface area contributed by atoms with Crippen LogP contribution in [0.4, 0.5) is 10.5 Å². The van der Waals surface area contributed by atoms with Crippen LogP contribution >= 0.6 is 0 Å². The first kappa shape index (κ1) is 19.5. The number of carbonyl (C=O) groups is 1. The third-order valence-electron chi connectivity index (χ3n) is 5.39.